The van der Waals surface area contributed by atoms with E-state index < -0.39 is 0 Å². The summed E-state index contributed by atoms with van der Waals surface area (Å²) in [6, 6.07) is 0.542. The topological polar surface area (TPSA) is 50.6 Å². The van der Waals surface area contributed by atoms with Gasteiger partial charge >= 0.3 is 0 Å². The molecule has 1 aliphatic carbocycles. The predicted octanol–water partition coefficient (Wildman–Crippen LogP) is 3.71. The summed E-state index contributed by atoms with van der Waals surface area (Å²) in [6.45, 7) is 7.70. The van der Waals surface area contributed by atoms with Crippen LogP contribution in [0.3, 0.4) is 0 Å². The van der Waals surface area contributed by atoms with Gasteiger partial charge in [-0.1, -0.05) is 12.8 Å². The maximum atomic E-state index is 12.7. The molecule has 0 radical (unpaired) electrons. The molecule has 4 rings (SSSR count). The van der Waals surface area contributed by atoms with Crippen LogP contribution in [-0.2, 0) is 16.1 Å². The number of carbonyl (C=O) groups is 1. The molecule has 6 nitrogen and oxygen atoms in total. The van der Waals surface area contributed by atoms with Gasteiger partial charge in [0.1, 0.15) is 0 Å². The van der Waals surface area contributed by atoms with E-state index >= 15 is 0 Å². The highest BCUT2D eigenvalue weighted by molar-refractivity contribution is 5.76. The third-order valence-corrected chi connectivity index (χ3v) is 7.27. The normalized spacial score (nSPS) is 22.3. The van der Waals surface area contributed by atoms with Crippen molar-refractivity contribution >= 4 is 11.6 Å². The van der Waals surface area contributed by atoms with E-state index in [4.69, 9.17) is 4.74 Å². The number of aryl methyl sites for hydroxylation is 1. The molecular formula is C23H38N4O2. The highest BCUT2D eigenvalue weighted by atomic mass is 16.5. The Morgan fingerprint density at radius 2 is 1.83 bits per heavy atom. The number of rotatable bonds is 7. The van der Waals surface area contributed by atoms with E-state index in [2.05, 4.69) is 28.0 Å². The zero-order chi connectivity index (χ0) is 20.1. The van der Waals surface area contributed by atoms with Gasteiger partial charge in [0.05, 0.1) is 11.9 Å². The lowest BCUT2D eigenvalue weighted by molar-refractivity contribution is -0.133. The van der Waals surface area contributed by atoms with Crippen LogP contribution in [0.4, 0.5) is 5.69 Å². The second-order valence-corrected chi connectivity index (χ2v) is 9.23. The summed E-state index contributed by atoms with van der Waals surface area (Å²) in [5.74, 6) is 1.71. The van der Waals surface area contributed by atoms with Gasteiger partial charge in [-0.05, 0) is 57.3 Å². The molecule has 1 aromatic rings. The third-order valence-electron chi connectivity index (χ3n) is 7.27. The molecule has 1 aromatic heterocycles. The molecule has 0 spiro atoms. The maximum absolute atomic E-state index is 12.7. The first-order valence-electron chi connectivity index (χ1n) is 11.9. The summed E-state index contributed by atoms with van der Waals surface area (Å²) in [5.41, 5.74) is 1.25. The van der Waals surface area contributed by atoms with Gasteiger partial charge in [0.25, 0.3) is 0 Å². The van der Waals surface area contributed by atoms with E-state index in [0.717, 1.165) is 71.5 Å². The fourth-order valence-corrected chi connectivity index (χ4v) is 5.37. The summed E-state index contributed by atoms with van der Waals surface area (Å²) < 4.78 is 7.63. The van der Waals surface area contributed by atoms with Gasteiger partial charge in [-0.15, -0.1) is 0 Å². The van der Waals surface area contributed by atoms with Crippen molar-refractivity contribution in [2.75, 3.05) is 37.7 Å². The number of hydrogen-bond acceptors (Lipinski definition) is 4. The van der Waals surface area contributed by atoms with E-state index in [1.807, 2.05) is 10.9 Å². The van der Waals surface area contributed by atoms with Gasteiger partial charge in [0.15, 0.2) is 0 Å². The van der Waals surface area contributed by atoms with Crippen LogP contribution in [0.15, 0.2) is 12.4 Å². The number of carbonyl (C=O) groups excluding carboxylic acids is 1. The van der Waals surface area contributed by atoms with Crippen LogP contribution in [0.1, 0.15) is 64.7 Å². The van der Waals surface area contributed by atoms with Crippen LogP contribution in [0.2, 0.25) is 0 Å². The summed E-state index contributed by atoms with van der Waals surface area (Å²) in [5, 5.41) is 4.52. The van der Waals surface area contributed by atoms with Gasteiger partial charge in [-0.3, -0.25) is 9.48 Å². The Balaban J connectivity index is 1.32. The van der Waals surface area contributed by atoms with E-state index in [0.29, 0.717) is 23.8 Å². The van der Waals surface area contributed by atoms with Crippen LogP contribution in [-0.4, -0.2) is 59.5 Å². The predicted molar refractivity (Wildman–Crippen MR) is 115 cm³/mol. The molecule has 2 saturated heterocycles. The quantitative estimate of drug-likeness (QED) is 0.698. The molecule has 3 heterocycles. The minimum absolute atomic E-state index is 0.404. The zero-order valence-corrected chi connectivity index (χ0v) is 18.1. The molecule has 0 N–H and O–H groups in total. The molecule has 2 aliphatic heterocycles. The SMILES string of the molecule is CCn1cc(N(CC2CCN(C(=O)CC3CCCC3)CC2)C2CCOCC2)cn1. The molecule has 1 amide bonds. The van der Waals surface area contributed by atoms with Crippen LogP contribution in [0.5, 0.6) is 0 Å². The monoisotopic (exact) mass is 402 g/mol. The number of ether oxygens (including phenoxy) is 1. The van der Waals surface area contributed by atoms with Gasteiger partial charge < -0.3 is 14.5 Å². The van der Waals surface area contributed by atoms with Gasteiger partial charge in [-0.25, -0.2) is 0 Å². The number of nitrogens with zero attached hydrogens (tertiary/aromatic N) is 4. The van der Waals surface area contributed by atoms with Crippen molar-refractivity contribution in [2.24, 2.45) is 11.8 Å². The van der Waals surface area contributed by atoms with Gasteiger partial charge in [0.2, 0.25) is 5.91 Å². The van der Waals surface area contributed by atoms with E-state index in [9.17, 15) is 4.79 Å². The number of piperidine rings is 1. The van der Waals surface area contributed by atoms with Gasteiger partial charge in [-0.2, -0.15) is 5.10 Å². The average Bonchev–Trinajstić information content (AvgIpc) is 3.45. The van der Waals surface area contributed by atoms with E-state index in [1.54, 1.807) is 0 Å². The fraction of sp³-hybridized carbons (Fsp3) is 0.826. The maximum Gasteiger partial charge on any atom is 0.222 e. The lowest BCUT2D eigenvalue weighted by Crippen LogP contribution is -2.46. The van der Waals surface area contributed by atoms with Crippen molar-refractivity contribution in [1.29, 1.82) is 0 Å². The zero-order valence-electron chi connectivity index (χ0n) is 18.1. The lowest BCUT2D eigenvalue weighted by Gasteiger charge is -2.40. The Morgan fingerprint density at radius 3 is 2.48 bits per heavy atom. The molecule has 0 aromatic carbocycles. The van der Waals surface area contributed by atoms with Crippen molar-refractivity contribution in [1.82, 2.24) is 14.7 Å². The highest BCUT2D eigenvalue weighted by Gasteiger charge is 2.30. The Morgan fingerprint density at radius 1 is 1.10 bits per heavy atom. The molecule has 162 valence electrons. The minimum Gasteiger partial charge on any atom is -0.381 e. The Kier molecular flexibility index (Phi) is 7.11. The van der Waals surface area contributed by atoms with Gasteiger partial charge in [0, 0.05) is 58.1 Å². The molecule has 3 fully saturated rings. The molecule has 6 heteroatoms. The van der Waals surface area contributed by atoms with Crippen molar-refractivity contribution in [3.8, 4) is 0 Å². The summed E-state index contributed by atoms with van der Waals surface area (Å²) in [7, 11) is 0. The Bertz CT molecular complexity index is 641. The van der Waals surface area contributed by atoms with Crippen LogP contribution in [0, 0.1) is 11.8 Å². The third kappa shape index (κ3) is 5.33. The van der Waals surface area contributed by atoms with Crippen LogP contribution >= 0.6 is 0 Å². The standard InChI is InChI=1S/C23H38N4O2/c1-2-26-18-22(16-24-26)27(21-9-13-29-14-10-21)17-20-7-11-25(12-8-20)23(28)15-19-5-3-4-6-19/h16,18-21H,2-15,17H2,1H3. The second kappa shape index (κ2) is 9.96. The smallest absolute Gasteiger partial charge is 0.222 e. The Hall–Kier alpha value is -1.56. The first-order valence-corrected chi connectivity index (χ1v) is 11.9. The average molecular weight is 403 g/mol. The number of anilines is 1. The number of hydrogen-bond donors (Lipinski definition) is 0. The second-order valence-electron chi connectivity index (χ2n) is 9.23. The lowest BCUT2D eigenvalue weighted by atomic mass is 9.93. The summed E-state index contributed by atoms with van der Waals surface area (Å²) in [4.78, 5) is 17.4. The van der Waals surface area contributed by atoms with Crippen LogP contribution in [0.25, 0.3) is 0 Å². The van der Waals surface area contributed by atoms with E-state index in [-0.39, 0.29) is 0 Å². The van der Waals surface area contributed by atoms with Crippen molar-refractivity contribution in [2.45, 2.75) is 77.3 Å². The Labute approximate surface area is 175 Å². The molecule has 3 aliphatic rings. The van der Waals surface area contributed by atoms with Crippen molar-refractivity contribution < 1.29 is 9.53 Å². The number of aromatic nitrogens is 2. The van der Waals surface area contributed by atoms with E-state index in [1.165, 1.54) is 31.4 Å². The molecule has 0 unspecified atom stereocenters. The first-order chi connectivity index (χ1) is 14.2. The van der Waals surface area contributed by atoms with Crippen molar-refractivity contribution in [3.05, 3.63) is 12.4 Å². The minimum atomic E-state index is 0.404. The molecular weight excluding hydrogens is 364 g/mol. The molecule has 29 heavy (non-hydrogen) atoms. The number of likely N-dealkylation sites (tertiary alicyclic amines) is 1. The van der Waals surface area contributed by atoms with Crippen molar-refractivity contribution in [3.63, 3.8) is 0 Å². The van der Waals surface area contributed by atoms with Crippen LogP contribution < -0.4 is 4.90 Å². The fourth-order valence-electron chi connectivity index (χ4n) is 5.37. The molecule has 0 atom stereocenters. The number of amides is 1. The summed E-state index contributed by atoms with van der Waals surface area (Å²) in [6.07, 6.45) is 14.6. The molecule has 0 bridgehead atoms. The highest BCUT2D eigenvalue weighted by Crippen LogP contribution is 2.30. The largest absolute Gasteiger partial charge is 0.381 e. The molecule has 1 saturated carbocycles. The first kappa shape index (κ1) is 20.7. The summed E-state index contributed by atoms with van der Waals surface area (Å²) >= 11 is 0.